The SMILES string of the molecule is C=C(CCCCCCC/C=C\C/C=C\C/C=C\CC)OCC(COCCCCCCCCCC)OC(=O)CCCCCCC/C=C\C/C=C\C/C=C\CC. The van der Waals surface area contributed by atoms with Gasteiger partial charge >= 0.3 is 5.97 Å². The Bertz CT molecular complexity index is 985. The molecule has 4 heteroatoms. The van der Waals surface area contributed by atoms with E-state index in [4.69, 9.17) is 14.2 Å². The molecule has 4 nitrogen and oxygen atoms in total. The van der Waals surface area contributed by atoms with Gasteiger partial charge in [-0.3, -0.25) is 4.79 Å². The van der Waals surface area contributed by atoms with Crippen molar-refractivity contribution in [2.45, 2.75) is 207 Å². The van der Waals surface area contributed by atoms with E-state index in [1.165, 1.54) is 83.5 Å². The molecule has 0 aromatic carbocycles. The molecule has 0 aliphatic rings. The molecule has 54 heavy (non-hydrogen) atoms. The Balaban J connectivity index is 4.26. The summed E-state index contributed by atoms with van der Waals surface area (Å²) >= 11 is 0. The van der Waals surface area contributed by atoms with Gasteiger partial charge in [-0.25, -0.2) is 0 Å². The molecule has 0 saturated heterocycles. The van der Waals surface area contributed by atoms with E-state index in [1.807, 2.05) is 0 Å². The molecule has 1 atom stereocenters. The van der Waals surface area contributed by atoms with Gasteiger partial charge in [0.25, 0.3) is 0 Å². The lowest BCUT2D eigenvalue weighted by atomic mass is 10.1. The third-order valence-electron chi connectivity index (χ3n) is 9.36. The van der Waals surface area contributed by atoms with Crippen LogP contribution in [0.15, 0.2) is 85.3 Å². The molecule has 1 unspecified atom stereocenters. The number of carbonyl (C=O) groups is 1. The molecule has 0 spiro atoms. The molecule has 0 rings (SSSR count). The van der Waals surface area contributed by atoms with Crippen LogP contribution in [0.1, 0.15) is 201 Å². The van der Waals surface area contributed by atoms with Gasteiger partial charge in [0.2, 0.25) is 0 Å². The molecule has 0 aliphatic heterocycles. The van der Waals surface area contributed by atoms with Gasteiger partial charge in [0.05, 0.1) is 12.4 Å². The average molecular weight is 751 g/mol. The van der Waals surface area contributed by atoms with Crippen LogP contribution in [0, 0.1) is 0 Å². The Morgan fingerprint density at radius 1 is 0.481 bits per heavy atom. The summed E-state index contributed by atoms with van der Waals surface area (Å²) in [4.78, 5) is 12.8. The Labute approximate surface area is 335 Å². The molecule has 0 N–H and O–H groups in total. The van der Waals surface area contributed by atoms with Crippen LogP contribution in [-0.4, -0.2) is 31.9 Å². The summed E-state index contributed by atoms with van der Waals surface area (Å²) in [6.45, 7) is 12.2. The highest BCUT2D eigenvalue weighted by atomic mass is 16.6. The van der Waals surface area contributed by atoms with Crippen molar-refractivity contribution >= 4 is 5.97 Å². The first kappa shape index (κ1) is 51.4. The van der Waals surface area contributed by atoms with Crippen molar-refractivity contribution in [1.29, 1.82) is 0 Å². The quantitative estimate of drug-likeness (QED) is 0.0270. The van der Waals surface area contributed by atoms with Gasteiger partial charge in [0, 0.05) is 19.4 Å². The fourth-order valence-electron chi connectivity index (χ4n) is 6.03. The number of allylic oxidation sites excluding steroid dienone is 13. The van der Waals surface area contributed by atoms with E-state index >= 15 is 0 Å². The van der Waals surface area contributed by atoms with Crippen LogP contribution in [0.5, 0.6) is 0 Å². The molecule has 0 aliphatic carbocycles. The fourth-order valence-corrected chi connectivity index (χ4v) is 6.03. The number of carbonyl (C=O) groups excluding carboxylic acids is 1. The Morgan fingerprint density at radius 2 is 0.907 bits per heavy atom. The van der Waals surface area contributed by atoms with E-state index in [9.17, 15) is 4.79 Å². The van der Waals surface area contributed by atoms with E-state index in [1.54, 1.807) is 0 Å². The standard InChI is InChI=1S/C50H86O4/c1-5-8-11-14-17-20-22-24-26-28-30-32-34-37-40-43-48(4)53-47-49(46-52-45-42-39-36-19-16-13-10-7-3)54-50(51)44-41-38-35-33-31-29-27-25-23-21-18-15-12-9-6-2/h8-9,11-12,17-18,20-21,24-27,49H,4-7,10,13-16,19,22-23,28-47H2,1-3H3/b11-8-,12-9-,20-17-,21-18-,26-24-,27-25-. The lowest BCUT2D eigenvalue weighted by Crippen LogP contribution is -2.28. The van der Waals surface area contributed by atoms with Gasteiger partial charge in [-0.2, -0.15) is 0 Å². The maximum absolute atomic E-state index is 12.8. The summed E-state index contributed by atoms with van der Waals surface area (Å²) in [6.07, 6.45) is 58.2. The highest BCUT2D eigenvalue weighted by Gasteiger charge is 2.16. The third kappa shape index (κ3) is 42.2. The fraction of sp³-hybridized carbons (Fsp3) is 0.700. The second-order valence-electron chi connectivity index (χ2n) is 14.7. The molecule has 0 aromatic heterocycles. The minimum absolute atomic E-state index is 0.141. The normalized spacial score (nSPS) is 12.9. The predicted octanol–water partition coefficient (Wildman–Crippen LogP) is 15.8. The zero-order chi connectivity index (χ0) is 39.3. The summed E-state index contributed by atoms with van der Waals surface area (Å²) in [5.41, 5.74) is 0. The zero-order valence-corrected chi connectivity index (χ0v) is 35.8. The molecule has 0 fully saturated rings. The van der Waals surface area contributed by atoms with Crippen LogP contribution in [0.3, 0.4) is 0 Å². The highest BCUT2D eigenvalue weighted by Crippen LogP contribution is 2.15. The van der Waals surface area contributed by atoms with Crippen LogP contribution in [0.2, 0.25) is 0 Å². The molecule has 0 amide bonds. The van der Waals surface area contributed by atoms with Gasteiger partial charge in [0.1, 0.15) is 6.61 Å². The second kappa shape index (κ2) is 44.8. The molecular weight excluding hydrogens is 665 g/mol. The van der Waals surface area contributed by atoms with Crippen LogP contribution >= 0.6 is 0 Å². The maximum atomic E-state index is 12.8. The summed E-state index contributed by atoms with van der Waals surface area (Å²) in [5.74, 6) is 0.642. The Hall–Kier alpha value is -2.59. The monoisotopic (exact) mass is 751 g/mol. The average Bonchev–Trinajstić information content (AvgIpc) is 3.17. The van der Waals surface area contributed by atoms with Crippen molar-refractivity contribution in [3.63, 3.8) is 0 Å². The molecule has 0 heterocycles. The first-order chi connectivity index (χ1) is 26.6. The van der Waals surface area contributed by atoms with Gasteiger partial charge < -0.3 is 14.2 Å². The number of esters is 1. The van der Waals surface area contributed by atoms with Crippen molar-refractivity contribution in [2.75, 3.05) is 19.8 Å². The van der Waals surface area contributed by atoms with E-state index in [0.717, 1.165) is 95.7 Å². The van der Waals surface area contributed by atoms with Crippen LogP contribution < -0.4 is 0 Å². The van der Waals surface area contributed by atoms with Gasteiger partial charge in [-0.05, 0) is 83.5 Å². The largest absolute Gasteiger partial charge is 0.495 e. The van der Waals surface area contributed by atoms with Crippen LogP contribution in [0.4, 0.5) is 0 Å². The Morgan fingerprint density at radius 3 is 1.43 bits per heavy atom. The van der Waals surface area contributed by atoms with E-state index in [-0.39, 0.29) is 12.1 Å². The van der Waals surface area contributed by atoms with E-state index < -0.39 is 0 Å². The molecule has 310 valence electrons. The second-order valence-corrected chi connectivity index (χ2v) is 14.7. The smallest absolute Gasteiger partial charge is 0.306 e. The lowest BCUT2D eigenvalue weighted by molar-refractivity contribution is -0.155. The first-order valence-corrected chi connectivity index (χ1v) is 22.6. The molecule has 0 bridgehead atoms. The van der Waals surface area contributed by atoms with Crippen molar-refractivity contribution < 1.29 is 19.0 Å². The van der Waals surface area contributed by atoms with Crippen LogP contribution in [0.25, 0.3) is 0 Å². The highest BCUT2D eigenvalue weighted by molar-refractivity contribution is 5.69. The zero-order valence-electron chi connectivity index (χ0n) is 35.8. The maximum Gasteiger partial charge on any atom is 0.306 e. The summed E-state index contributed by atoms with van der Waals surface area (Å²) in [7, 11) is 0. The predicted molar refractivity (Wildman–Crippen MR) is 237 cm³/mol. The number of rotatable bonds is 41. The molecule has 0 aromatic rings. The van der Waals surface area contributed by atoms with Gasteiger partial charge in [-0.15, -0.1) is 0 Å². The third-order valence-corrected chi connectivity index (χ3v) is 9.36. The summed E-state index contributed by atoms with van der Waals surface area (Å²) in [5, 5.41) is 0. The number of hydrogen-bond donors (Lipinski definition) is 0. The summed E-state index contributed by atoms with van der Waals surface area (Å²) < 4.78 is 17.9. The van der Waals surface area contributed by atoms with E-state index in [0.29, 0.717) is 26.2 Å². The number of unbranched alkanes of at least 4 members (excludes halogenated alkanes) is 17. The number of ether oxygens (including phenoxy) is 3. The van der Waals surface area contributed by atoms with Crippen molar-refractivity contribution in [3.05, 3.63) is 85.3 Å². The summed E-state index contributed by atoms with van der Waals surface area (Å²) in [6, 6.07) is 0. The van der Waals surface area contributed by atoms with Crippen molar-refractivity contribution in [3.8, 4) is 0 Å². The Kier molecular flexibility index (Phi) is 42.7. The number of hydrogen-bond acceptors (Lipinski definition) is 4. The van der Waals surface area contributed by atoms with Gasteiger partial charge in [0.15, 0.2) is 6.10 Å². The van der Waals surface area contributed by atoms with Gasteiger partial charge in [-0.1, -0.05) is 184 Å². The van der Waals surface area contributed by atoms with Crippen molar-refractivity contribution in [1.82, 2.24) is 0 Å². The minimum Gasteiger partial charge on any atom is -0.495 e. The van der Waals surface area contributed by atoms with Crippen molar-refractivity contribution in [2.24, 2.45) is 0 Å². The lowest BCUT2D eigenvalue weighted by Gasteiger charge is -2.20. The minimum atomic E-state index is -0.390. The van der Waals surface area contributed by atoms with E-state index in [2.05, 4.69) is 100 Å². The molecule has 0 saturated carbocycles. The molecular formula is C50H86O4. The first-order valence-electron chi connectivity index (χ1n) is 22.6. The molecule has 0 radical (unpaired) electrons. The topological polar surface area (TPSA) is 44.8 Å². The van der Waals surface area contributed by atoms with Crippen LogP contribution in [-0.2, 0) is 19.0 Å².